The Balaban J connectivity index is 1.54. The number of fused-ring (bicyclic) bond motifs is 1. The number of aromatic amines is 1. The highest BCUT2D eigenvalue weighted by Gasteiger charge is 2.29. The molecule has 1 aliphatic heterocycles. The van der Waals surface area contributed by atoms with Gasteiger partial charge in [-0.2, -0.15) is 0 Å². The van der Waals surface area contributed by atoms with Crippen LogP contribution in [0.5, 0.6) is 0 Å². The minimum atomic E-state index is -0.119. The van der Waals surface area contributed by atoms with E-state index in [9.17, 15) is 4.79 Å². The van der Waals surface area contributed by atoms with E-state index in [0.29, 0.717) is 17.2 Å². The molecule has 4 rings (SSSR count). The van der Waals surface area contributed by atoms with Gasteiger partial charge < -0.3 is 19.6 Å². The number of hydrogen-bond acceptors (Lipinski definition) is 4. The van der Waals surface area contributed by atoms with Crippen molar-refractivity contribution in [1.29, 1.82) is 0 Å². The van der Waals surface area contributed by atoms with Crippen molar-refractivity contribution in [3.8, 4) is 0 Å². The third-order valence-corrected chi connectivity index (χ3v) is 4.35. The Morgan fingerprint density at radius 1 is 1.42 bits per heavy atom. The predicted octanol–water partition coefficient (Wildman–Crippen LogP) is 3.62. The first-order chi connectivity index (χ1) is 11.7. The van der Waals surface area contributed by atoms with Crippen LogP contribution in [0.25, 0.3) is 11.1 Å². The third kappa shape index (κ3) is 2.73. The molecule has 1 atom stereocenters. The molecule has 0 bridgehead atoms. The van der Waals surface area contributed by atoms with Crippen molar-refractivity contribution in [1.82, 2.24) is 19.9 Å². The molecule has 2 N–H and O–H groups in total. The van der Waals surface area contributed by atoms with Gasteiger partial charge in [0, 0.05) is 37.6 Å². The molecular formula is C17H19N5O2. The number of oxazole rings is 1. The van der Waals surface area contributed by atoms with Gasteiger partial charge in [-0.05, 0) is 31.4 Å². The van der Waals surface area contributed by atoms with E-state index in [2.05, 4.69) is 20.3 Å². The SMILES string of the molecule is Cc1nc2ccc(NC(=O)N3CCCC[C@H]3c3ncc[nH]3)cc2o1. The molecule has 0 saturated carbocycles. The number of piperidine rings is 1. The summed E-state index contributed by atoms with van der Waals surface area (Å²) in [4.78, 5) is 26.3. The summed E-state index contributed by atoms with van der Waals surface area (Å²) in [5.41, 5.74) is 2.16. The lowest BCUT2D eigenvalue weighted by atomic mass is 10.0. The molecule has 1 aromatic carbocycles. The van der Waals surface area contributed by atoms with Crippen LogP contribution in [-0.4, -0.2) is 32.4 Å². The summed E-state index contributed by atoms with van der Waals surface area (Å²) in [5.74, 6) is 1.45. The van der Waals surface area contributed by atoms with Crippen LogP contribution in [0.2, 0.25) is 0 Å². The maximum atomic E-state index is 12.7. The summed E-state index contributed by atoms with van der Waals surface area (Å²) in [5, 5.41) is 2.96. The van der Waals surface area contributed by atoms with Crippen molar-refractivity contribution in [3.63, 3.8) is 0 Å². The van der Waals surface area contributed by atoms with Crippen molar-refractivity contribution >= 4 is 22.8 Å². The Hall–Kier alpha value is -2.83. The van der Waals surface area contributed by atoms with Gasteiger partial charge in [0.2, 0.25) is 0 Å². The fraction of sp³-hybridized carbons (Fsp3) is 0.353. The van der Waals surface area contributed by atoms with Crippen molar-refractivity contribution in [3.05, 3.63) is 42.3 Å². The Kier molecular flexibility index (Phi) is 3.68. The molecule has 3 heterocycles. The van der Waals surface area contributed by atoms with Crippen LogP contribution in [0.15, 0.2) is 35.0 Å². The summed E-state index contributed by atoms with van der Waals surface area (Å²) in [6.07, 6.45) is 6.53. The van der Waals surface area contributed by atoms with Gasteiger partial charge in [-0.15, -0.1) is 0 Å². The monoisotopic (exact) mass is 325 g/mol. The van der Waals surface area contributed by atoms with E-state index in [1.165, 1.54) is 0 Å². The number of hydrogen-bond donors (Lipinski definition) is 2. The number of amides is 2. The van der Waals surface area contributed by atoms with Gasteiger partial charge in [0.15, 0.2) is 11.5 Å². The van der Waals surface area contributed by atoms with Crippen LogP contribution < -0.4 is 5.32 Å². The van der Waals surface area contributed by atoms with Crippen molar-refractivity contribution in [2.45, 2.75) is 32.2 Å². The van der Waals surface area contributed by atoms with Crippen LogP contribution in [-0.2, 0) is 0 Å². The molecule has 7 nitrogen and oxygen atoms in total. The number of anilines is 1. The lowest BCUT2D eigenvalue weighted by Gasteiger charge is -2.34. The molecule has 0 radical (unpaired) electrons. The van der Waals surface area contributed by atoms with Crippen molar-refractivity contribution in [2.24, 2.45) is 0 Å². The molecule has 2 aromatic heterocycles. The number of carbonyl (C=O) groups excluding carboxylic acids is 1. The summed E-state index contributed by atoms with van der Waals surface area (Å²) in [6.45, 7) is 2.53. The van der Waals surface area contributed by atoms with Crippen LogP contribution >= 0.6 is 0 Å². The number of aryl methyl sites for hydroxylation is 1. The van der Waals surface area contributed by atoms with Crippen LogP contribution in [0.1, 0.15) is 37.0 Å². The lowest BCUT2D eigenvalue weighted by Crippen LogP contribution is -2.41. The number of nitrogens with one attached hydrogen (secondary N) is 2. The highest BCUT2D eigenvalue weighted by atomic mass is 16.3. The summed E-state index contributed by atoms with van der Waals surface area (Å²) < 4.78 is 5.52. The molecule has 3 aromatic rings. The van der Waals surface area contributed by atoms with Gasteiger partial charge >= 0.3 is 6.03 Å². The topological polar surface area (TPSA) is 87.0 Å². The highest BCUT2D eigenvalue weighted by molar-refractivity contribution is 5.91. The maximum Gasteiger partial charge on any atom is 0.322 e. The molecular weight excluding hydrogens is 306 g/mol. The quantitative estimate of drug-likeness (QED) is 0.753. The smallest absolute Gasteiger partial charge is 0.322 e. The fourth-order valence-electron chi connectivity index (χ4n) is 3.23. The van der Waals surface area contributed by atoms with E-state index < -0.39 is 0 Å². The van der Waals surface area contributed by atoms with Gasteiger partial charge in [-0.3, -0.25) is 0 Å². The lowest BCUT2D eigenvalue weighted by molar-refractivity contribution is 0.160. The van der Waals surface area contributed by atoms with Crippen LogP contribution in [0.3, 0.4) is 0 Å². The number of carbonyl (C=O) groups is 1. The zero-order chi connectivity index (χ0) is 16.5. The van der Waals surface area contributed by atoms with Gasteiger partial charge in [0.1, 0.15) is 11.3 Å². The van der Waals surface area contributed by atoms with Crippen molar-refractivity contribution in [2.75, 3.05) is 11.9 Å². The van der Waals surface area contributed by atoms with Gasteiger partial charge in [-0.25, -0.2) is 14.8 Å². The molecule has 0 unspecified atom stereocenters. The molecule has 2 amide bonds. The minimum absolute atomic E-state index is 0.00925. The predicted molar refractivity (Wildman–Crippen MR) is 89.7 cm³/mol. The molecule has 1 saturated heterocycles. The minimum Gasteiger partial charge on any atom is -0.441 e. The number of imidazole rings is 1. The normalized spacial score (nSPS) is 18.0. The van der Waals surface area contributed by atoms with E-state index >= 15 is 0 Å². The molecule has 0 spiro atoms. The second kappa shape index (κ2) is 5.99. The second-order valence-electron chi connectivity index (χ2n) is 6.02. The molecule has 1 fully saturated rings. The number of likely N-dealkylation sites (tertiary alicyclic amines) is 1. The number of benzene rings is 1. The summed E-state index contributed by atoms with van der Waals surface area (Å²) in [6, 6.07) is 5.37. The Morgan fingerprint density at radius 2 is 2.33 bits per heavy atom. The molecule has 124 valence electrons. The number of nitrogens with zero attached hydrogens (tertiary/aromatic N) is 3. The summed E-state index contributed by atoms with van der Waals surface area (Å²) >= 11 is 0. The molecule has 24 heavy (non-hydrogen) atoms. The van der Waals surface area contributed by atoms with Gasteiger partial charge in [0.25, 0.3) is 0 Å². The van der Waals surface area contributed by atoms with Crippen LogP contribution in [0.4, 0.5) is 10.5 Å². The van der Waals surface area contributed by atoms with Crippen molar-refractivity contribution < 1.29 is 9.21 Å². The average Bonchev–Trinajstić information content (AvgIpc) is 3.23. The number of urea groups is 1. The van der Waals surface area contributed by atoms with E-state index in [0.717, 1.165) is 37.1 Å². The summed E-state index contributed by atoms with van der Waals surface area (Å²) in [7, 11) is 0. The molecule has 0 aliphatic carbocycles. The van der Waals surface area contributed by atoms with Gasteiger partial charge in [-0.1, -0.05) is 0 Å². The van der Waals surface area contributed by atoms with E-state index in [1.807, 2.05) is 17.0 Å². The number of rotatable bonds is 2. The largest absolute Gasteiger partial charge is 0.441 e. The zero-order valence-corrected chi connectivity index (χ0v) is 13.5. The standard InChI is InChI=1S/C17H19N5O2/c1-11-20-13-6-5-12(10-15(13)24-11)21-17(23)22-9-3-2-4-14(22)16-18-7-8-19-16/h5-8,10,14H,2-4,9H2,1H3,(H,18,19)(H,21,23)/t14-/m0/s1. The Labute approximate surface area is 139 Å². The number of H-pyrrole nitrogens is 1. The molecule has 7 heteroatoms. The van der Waals surface area contributed by atoms with Gasteiger partial charge in [0.05, 0.1) is 6.04 Å². The maximum absolute atomic E-state index is 12.7. The Bertz CT molecular complexity index is 855. The van der Waals surface area contributed by atoms with Crippen LogP contribution in [0, 0.1) is 6.92 Å². The first-order valence-corrected chi connectivity index (χ1v) is 8.15. The zero-order valence-electron chi connectivity index (χ0n) is 13.5. The molecule has 1 aliphatic rings. The Morgan fingerprint density at radius 3 is 3.17 bits per heavy atom. The average molecular weight is 325 g/mol. The van der Waals surface area contributed by atoms with E-state index in [-0.39, 0.29) is 12.1 Å². The fourth-order valence-corrected chi connectivity index (χ4v) is 3.23. The van der Waals surface area contributed by atoms with E-state index in [4.69, 9.17) is 4.42 Å². The van der Waals surface area contributed by atoms with E-state index in [1.54, 1.807) is 25.4 Å². The second-order valence-corrected chi connectivity index (χ2v) is 6.02. The first kappa shape index (κ1) is 14.7. The highest BCUT2D eigenvalue weighted by Crippen LogP contribution is 2.29. The number of aromatic nitrogens is 3. The first-order valence-electron chi connectivity index (χ1n) is 8.15. The third-order valence-electron chi connectivity index (χ3n) is 4.35.